The largest absolute Gasteiger partial charge is 0.493 e. The van der Waals surface area contributed by atoms with Crippen molar-refractivity contribution in [2.24, 2.45) is 4.99 Å². The molecule has 0 heterocycles. The molecule has 164 valence electrons. The van der Waals surface area contributed by atoms with Crippen LogP contribution in [0.4, 0.5) is 5.69 Å². The van der Waals surface area contributed by atoms with E-state index in [9.17, 15) is 0 Å². The van der Waals surface area contributed by atoms with Crippen LogP contribution in [0.15, 0.2) is 41.4 Å². The molecule has 0 aliphatic heterocycles. The van der Waals surface area contributed by atoms with Gasteiger partial charge in [-0.15, -0.1) is 0 Å². The molecule has 0 spiro atoms. The Morgan fingerprint density at radius 2 is 1.50 bits per heavy atom. The summed E-state index contributed by atoms with van der Waals surface area (Å²) < 4.78 is 27.5. The molecule has 8 heteroatoms. The zero-order valence-electron chi connectivity index (χ0n) is 18.4. The Morgan fingerprint density at radius 1 is 0.900 bits per heavy atom. The number of para-hydroxylation sites is 2. The Bertz CT molecular complexity index is 816. The molecule has 0 fully saturated rings. The highest BCUT2D eigenvalue weighted by Gasteiger charge is 2.14. The fourth-order valence-corrected chi connectivity index (χ4v) is 2.79. The predicted octanol–water partition coefficient (Wildman–Crippen LogP) is 3.57. The standard InChI is InChI=1S/C22H31N3O5/c1-7-23-22(24-14-15(2)30-18-11-9-8-10-17(18)26-3)25-16-12-19(27-4)21(29-6)20(13-16)28-5/h8-13,15H,7,14H2,1-6H3,(H2,23,24,25). The van der Waals surface area contributed by atoms with Crippen LogP contribution in [-0.4, -0.2) is 53.6 Å². The number of methoxy groups -OCH3 is 4. The molecule has 0 radical (unpaired) electrons. The van der Waals surface area contributed by atoms with E-state index in [0.29, 0.717) is 47.8 Å². The molecule has 0 saturated heterocycles. The summed E-state index contributed by atoms with van der Waals surface area (Å²) in [6.45, 7) is 5.11. The lowest BCUT2D eigenvalue weighted by molar-refractivity contribution is 0.219. The number of hydrogen-bond acceptors (Lipinski definition) is 6. The summed E-state index contributed by atoms with van der Waals surface area (Å²) in [6, 6.07) is 11.2. The molecule has 0 amide bonds. The third-order valence-electron chi connectivity index (χ3n) is 4.18. The van der Waals surface area contributed by atoms with E-state index in [1.807, 2.05) is 50.2 Å². The first-order valence-corrected chi connectivity index (χ1v) is 9.71. The molecule has 0 aliphatic carbocycles. The Kier molecular flexibility index (Phi) is 8.93. The molecule has 1 unspecified atom stereocenters. The molecule has 0 bridgehead atoms. The third kappa shape index (κ3) is 6.10. The molecule has 2 aromatic carbocycles. The van der Waals surface area contributed by atoms with Gasteiger partial charge in [-0.2, -0.15) is 0 Å². The molecule has 0 aromatic heterocycles. The predicted molar refractivity (Wildman–Crippen MR) is 119 cm³/mol. The van der Waals surface area contributed by atoms with E-state index in [-0.39, 0.29) is 6.10 Å². The van der Waals surface area contributed by atoms with Gasteiger partial charge in [0.2, 0.25) is 5.75 Å². The highest BCUT2D eigenvalue weighted by atomic mass is 16.5. The quantitative estimate of drug-likeness (QED) is 0.452. The van der Waals surface area contributed by atoms with Crippen LogP contribution in [0.1, 0.15) is 13.8 Å². The monoisotopic (exact) mass is 417 g/mol. The van der Waals surface area contributed by atoms with Crippen LogP contribution in [0.5, 0.6) is 28.7 Å². The minimum atomic E-state index is -0.156. The molecule has 0 saturated carbocycles. The number of guanidine groups is 1. The maximum Gasteiger partial charge on any atom is 0.203 e. The van der Waals surface area contributed by atoms with Crippen molar-refractivity contribution in [3.05, 3.63) is 36.4 Å². The van der Waals surface area contributed by atoms with Gasteiger partial charge in [-0.3, -0.25) is 0 Å². The summed E-state index contributed by atoms with van der Waals surface area (Å²) in [5.41, 5.74) is 0.752. The van der Waals surface area contributed by atoms with Crippen molar-refractivity contribution in [3.63, 3.8) is 0 Å². The maximum atomic E-state index is 5.97. The second-order valence-corrected chi connectivity index (χ2v) is 6.34. The van der Waals surface area contributed by atoms with Gasteiger partial charge in [0.05, 0.1) is 35.0 Å². The number of rotatable bonds is 10. The molecule has 1 atom stereocenters. The molecule has 2 aromatic rings. The molecule has 0 aliphatic rings. The number of hydrogen-bond donors (Lipinski definition) is 2. The van der Waals surface area contributed by atoms with Crippen LogP contribution in [0.2, 0.25) is 0 Å². The first-order valence-electron chi connectivity index (χ1n) is 9.71. The first-order chi connectivity index (χ1) is 14.6. The van der Waals surface area contributed by atoms with Crippen LogP contribution >= 0.6 is 0 Å². The lowest BCUT2D eigenvalue weighted by atomic mass is 10.2. The second-order valence-electron chi connectivity index (χ2n) is 6.34. The minimum absolute atomic E-state index is 0.156. The van der Waals surface area contributed by atoms with Gasteiger partial charge >= 0.3 is 0 Å². The molecule has 8 nitrogen and oxygen atoms in total. The fraction of sp³-hybridized carbons (Fsp3) is 0.409. The molecule has 2 N–H and O–H groups in total. The van der Waals surface area contributed by atoms with E-state index in [0.717, 1.165) is 5.69 Å². The third-order valence-corrected chi connectivity index (χ3v) is 4.18. The van der Waals surface area contributed by atoms with Crippen molar-refractivity contribution in [3.8, 4) is 28.7 Å². The van der Waals surface area contributed by atoms with Gasteiger partial charge in [0.1, 0.15) is 6.10 Å². The SMILES string of the molecule is CCNC(=NCC(C)Oc1ccccc1OC)Nc1cc(OC)c(OC)c(OC)c1. The first kappa shape index (κ1) is 23.0. The summed E-state index contributed by atoms with van der Waals surface area (Å²) in [5, 5.41) is 6.49. The molecular formula is C22H31N3O5. The molecular weight excluding hydrogens is 386 g/mol. The number of anilines is 1. The normalized spacial score (nSPS) is 12.0. The van der Waals surface area contributed by atoms with Crippen molar-refractivity contribution < 1.29 is 23.7 Å². The number of benzene rings is 2. The number of nitrogens with zero attached hydrogens (tertiary/aromatic N) is 1. The topological polar surface area (TPSA) is 82.6 Å². The highest BCUT2D eigenvalue weighted by molar-refractivity contribution is 5.94. The van der Waals surface area contributed by atoms with Gasteiger partial charge in [-0.25, -0.2) is 4.99 Å². The van der Waals surface area contributed by atoms with Crippen molar-refractivity contribution in [1.82, 2.24) is 5.32 Å². The van der Waals surface area contributed by atoms with Crippen LogP contribution < -0.4 is 34.3 Å². The van der Waals surface area contributed by atoms with Crippen molar-refractivity contribution >= 4 is 11.6 Å². The van der Waals surface area contributed by atoms with Gasteiger partial charge < -0.3 is 34.3 Å². The van der Waals surface area contributed by atoms with E-state index < -0.39 is 0 Å². The van der Waals surface area contributed by atoms with Gasteiger partial charge in [0.25, 0.3) is 0 Å². The van der Waals surface area contributed by atoms with Gasteiger partial charge in [-0.1, -0.05) is 12.1 Å². The van der Waals surface area contributed by atoms with Crippen LogP contribution in [0.3, 0.4) is 0 Å². The average molecular weight is 418 g/mol. The zero-order chi connectivity index (χ0) is 21.9. The highest BCUT2D eigenvalue weighted by Crippen LogP contribution is 2.39. The Labute approximate surface area is 178 Å². The minimum Gasteiger partial charge on any atom is -0.493 e. The summed E-state index contributed by atoms with van der Waals surface area (Å²) >= 11 is 0. The summed E-state index contributed by atoms with van der Waals surface area (Å²) in [6.07, 6.45) is -0.156. The van der Waals surface area contributed by atoms with Crippen LogP contribution in [0.25, 0.3) is 0 Å². The van der Waals surface area contributed by atoms with Gasteiger partial charge in [-0.05, 0) is 26.0 Å². The fourth-order valence-electron chi connectivity index (χ4n) is 2.79. The van der Waals surface area contributed by atoms with Crippen LogP contribution in [0, 0.1) is 0 Å². The van der Waals surface area contributed by atoms with E-state index in [2.05, 4.69) is 15.6 Å². The number of aliphatic imine (C=N–C) groups is 1. The number of nitrogens with one attached hydrogen (secondary N) is 2. The second kappa shape index (κ2) is 11.6. The van der Waals surface area contributed by atoms with E-state index in [1.165, 1.54) is 0 Å². The summed E-state index contributed by atoms with van der Waals surface area (Å²) in [5.74, 6) is 3.64. The van der Waals surface area contributed by atoms with E-state index in [4.69, 9.17) is 23.7 Å². The maximum absolute atomic E-state index is 5.97. The van der Waals surface area contributed by atoms with E-state index in [1.54, 1.807) is 28.4 Å². The van der Waals surface area contributed by atoms with E-state index >= 15 is 0 Å². The average Bonchev–Trinajstić information content (AvgIpc) is 2.77. The number of ether oxygens (including phenoxy) is 5. The summed E-state index contributed by atoms with van der Waals surface area (Å²) in [4.78, 5) is 4.63. The Balaban J connectivity index is 2.14. The smallest absolute Gasteiger partial charge is 0.203 e. The summed E-state index contributed by atoms with van der Waals surface area (Å²) in [7, 11) is 6.35. The molecule has 30 heavy (non-hydrogen) atoms. The Hall–Kier alpha value is -3.29. The lowest BCUT2D eigenvalue weighted by Gasteiger charge is -2.18. The van der Waals surface area contributed by atoms with Gasteiger partial charge in [0, 0.05) is 24.4 Å². The Morgan fingerprint density at radius 3 is 2.03 bits per heavy atom. The van der Waals surface area contributed by atoms with Crippen molar-refractivity contribution in [2.45, 2.75) is 20.0 Å². The van der Waals surface area contributed by atoms with Crippen molar-refractivity contribution in [1.29, 1.82) is 0 Å². The lowest BCUT2D eigenvalue weighted by Crippen LogP contribution is -2.32. The zero-order valence-corrected chi connectivity index (χ0v) is 18.4. The van der Waals surface area contributed by atoms with Gasteiger partial charge in [0.15, 0.2) is 29.0 Å². The van der Waals surface area contributed by atoms with Crippen molar-refractivity contribution in [2.75, 3.05) is 46.8 Å². The van der Waals surface area contributed by atoms with Crippen LogP contribution in [-0.2, 0) is 0 Å². The molecule has 2 rings (SSSR count).